The fraction of sp³-hybridized carbons (Fsp3) is 0.455. The van der Waals surface area contributed by atoms with E-state index in [9.17, 15) is 5.11 Å². The molecule has 1 aromatic rings. The van der Waals surface area contributed by atoms with E-state index in [1.165, 1.54) is 14.2 Å². The average Bonchev–Trinajstić information content (AvgIpc) is 2.77. The molecule has 1 aliphatic rings. The highest BCUT2D eigenvalue weighted by atomic mass is 79.9. The summed E-state index contributed by atoms with van der Waals surface area (Å²) in [7, 11) is 3.03. The number of benzene rings is 1. The van der Waals surface area contributed by atoms with Crippen LogP contribution in [-0.4, -0.2) is 26.1 Å². The van der Waals surface area contributed by atoms with Gasteiger partial charge in [0.25, 0.3) is 0 Å². The first-order valence-corrected chi connectivity index (χ1v) is 5.82. The maximum Gasteiger partial charge on any atom is 0.231 e. The van der Waals surface area contributed by atoms with Gasteiger partial charge in [0.2, 0.25) is 18.3 Å². The predicted octanol–water partition coefficient (Wildman–Crippen LogP) is 2.25. The zero-order valence-electron chi connectivity index (χ0n) is 9.74. The van der Waals surface area contributed by atoms with Gasteiger partial charge in [-0.2, -0.15) is 0 Å². The highest BCUT2D eigenvalue weighted by Gasteiger charge is 2.31. The van der Waals surface area contributed by atoms with Crippen molar-refractivity contribution in [3.63, 3.8) is 0 Å². The number of fused-ring (bicyclic) bond motifs is 1. The zero-order valence-corrected chi connectivity index (χ0v) is 11.3. The molecule has 0 radical (unpaired) electrons. The van der Waals surface area contributed by atoms with Gasteiger partial charge in [0.05, 0.1) is 24.8 Å². The molecule has 1 atom stereocenters. The van der Waals surface area contributed by atoms with Crippen LogP contribution in [0, 0.1) is 0 Å². The van der Waals surface area contributed by atoms with Gasteiger partial charge in [0.1, 0.15) is 0 Å². The molecule has 0 unspecified atom stereocenters. The molecule has 0 saturated carbocycles. The van der Waals surface area contributed by atoms with Crippen molar-refractivity contribution in [3.05, 3.63) is 10.0 Å². The third-order valence-electron chi connectivity index (χ3n) is 2.53. The van der Waals surface area contributed by atoms with Crippen LogP contribution in [0.25, 0.3) is 0 Å². The lowest BCUT2D eigenvalue weighted by Gasteiger charge is -2.18. The normalized spacial score (nSPS) is 14.6. The maximum atomic E-state index is 9.81. The van der Waals surface area contributed by atoms with Crippen LogP contribution in [0.5, 0.6) is 23.0 Å². The SMILES string of the molecule is COc1c2c(c(Br)c([C@H](C)O)c1OC)OCO2. The summed E-state index contributed by atoms with van der Waals surface area (Å²) in [5.41, 5.74) is 0.577. The number of hydrogen-bond donors (Lipinski definition) is 1. The van der Waals surface area contributed by atoms with E-state index in [2.05, 4.69) is 15.9 Å². The Kier molecular flexibility index (Phi) is 3.35. The van der Waals surface area contributed by atoms with Crippen LogP contribution < -0.4 is 18.9 Å². The molecular weight excluding hydrogens is 292 g/mol. The fourth-order valence-corrected chi connectivity index (χ4v) is 2.62. The molecule has 1 heterocycles. The van der Waals surface area contributed by atoms with Gasteiger partial charge in [-0.1, -0.05) is 0 Å². The van der Waals surface area contributed by atoms with E-state index < -0.39 is 6.10 Å². The topological polar surface area (TPSA) is 57.2 Å². The molecule has 0 bridgehead atoms. The fourth-order valence-electron chi connectivity index (χ4n) is 1.82. The monoisotopic (exact) mass is 304 g/mol. The molecule has 0 fully saturated rings. The van der Waals surface area contributed by atoms with Gasteiger partial charge in [-0.3, -0.25) is 0 Å². The number of aliphatic hydroxyl groups excluding tert-OH is 1. The Balaban J connectivity index is 2.75. The summed E-state index contributed by atoms with van der Waals surface area (Å²) in [5, 5.41) is 9.81. The smallest absolute Gasteiger partial charge is 0.231 e. The van der Waals surface area contributed by atoms with Crippen LogP contribution in [0.1, 0.15) is 18.6 Å². The van der Waals surface area contributed by atoms with Gasteiger partial charge in [0.15, 0.2) is 11.5 Å². The van der Waals surface area contributed by atoms with Crippen molar-refractivity contribution >= 4 is 15.9 Å². The highest BCUT2D eigenvalue weighted by Crippen LogP contribution is 2.55. The summed E-state index contributed by atoms with van der Waals surface area (Å²) in [6, 6.07) is 0. The minimum Gasteiger partial charge on any atom is -0.492 e. The van der Waals surface area contributed by atoms with Gasteiger partial charge >= 0.3 is 0 Å². The van der Waals surface area contributed by atoms with Crippen molar-refractivity contribution in [2.75, 3.05) is 21.0 Å². The van der Waals surface area contributed by atoms with Crippen molar-refractivity contribution in [2.24, 2.45) is 0 Å². The number of hydrogen-bond acceptors (Lipinski definition) is 5. The molecule has 5 nitrogen and oxygen atoms in total. The predicted molar refractivity (Wildman–Crippen MR) is 64.0 cm³/mol. The Morgan fingerprint density at radius 1 is 1.18 bits per heavy atom. The first kappa shape index (κ1) is 12.3. The minimum atomic E-state index is -0.720. The van der Waals surface area contributed by atoms with Crippen LogP contribution in [0.4, 0.5) is 0 Å². The molecule has 1 N–H and O–H groups in total. The molecule has 94 valence electrons. The summed E-state index contributed by atoms with van der Waals surface area (Å²) in [6.45, 7) is 1.76. The van der Waals surface area contributed by atoms with Gasteiger partial charge in [0, 0.05) is 5.56 Å². The van der Waals surface area contributed by atoms with Gasteiger partial charge < -0.3 is 24.1 Å². The second-order valence-electron chi connectivity index (χ2n) is 3.53. The second-order valence-corrected chi connectivity index (χ2v) is 4.33. The summed E-state index contributed by atoms with van der Waals surface area (Å²) >= 11 is 3.39. The van der Waals surface area contributed by atoms with E-state index in [1.807, 2.05) is 0 Å². The largest absolute Gasteiger partial charge is 0.492 e. The Bertz CT molecular complexity index is 444. The average molecular weight is 305 g/mol. The molecule has 1 aromatic carbocycles. The summed E-state index contributed by atoms with van der Waals surface area (Å²) in [6.07, 6.45) is -0.720. The van der Waals surface area contributed by atoms with Crippen molar-refractivity contribution in [2.45, 2.75) is 13.0 Å². The lowest BCUT2D eigenvalue weighted by molar-refractivity contribution is 0.170. The third-order valence-corrected chi connectivity index (χ3v) is 3.32. The van der Waals surface area contributed by atoms with E-state index >= 15 is 0 Å². The number of rotatable bonds is 3. The maximum absolute atomic E-state index is 9.81. The van der Waals surface area contributed by atoms with Crippen LogP contribution in [0.3, 0.4) is 0 Å². The zero-order chi connectivity index (χ0) is 12.6. The van der Waals surface area contributed by atoms with Crippen molar-refractivity contribution in [1.82, 2.24) is 0 Å². The minimum absolute atomic E-state index is 0.122. The molecule has 0 spiro atoms. The Morgan fingerprint density at radius 2 is 1.76 bits per heavy atom. The molecule has 1 aliphatic heterocycles. The van der Waals surface area contributed by atoms with Crippen LogP contribution >= 0.6 is 15.9 Å². The first-order chi connectivity index (χ1) is 8.11. The van der Waals surface area contributed by atoms with Crippen molar-refractivity contribution < 1.29 is 24.1 Å². The number of methoxy groups -OCH3 is 2. The molecule has 6 heteroatoms. The summed E-state index contributed by atoms with van der Waals surface area (Å²) in [4.78, 5) is 0. The molecule has 0 aliphatic carbocycles. The lowest BCUT2D eigenvalue weighted by Crippen LogP contribution is -2.01. The molecule has 0 aromatic heterocycles. The number of halogens is 1. The van der Waals surface area contributed by atoms with Crippen molar-refractivity contribution in [1.29, 1.82) is 0 Å². The summed E-state index contributed by atoms with van der Waals surface area (Å²) < 4.78 is 21.9. The molecule has 0 saturated heterocycles. The van der Waals surface area contributed by atoms with Crippen LogP contribution in [0.2, 0.25) is 0 Å². The number of aliphatic hydroxyl groups is 1. The Labute approximate surface area is 107 Å². The van der Waals surface area contributed by atoms with Gasteiger partial charge in [-0.05, 0) is 22.9 Å². The molecular formula is C11H13BrO5. The van der Waals surface area contributed by atoms with Crippen molar-refractivity contribution in [3.8, 4) is 23.0 Å². The van der Waals surface area contributed by atoms with E-state index in [4.69, 9.17) is 18.9 Å². The van der Waals surface area contributed by atoms with E-state index in [1.54, 1.807) is 6.92 Å². The molecule has 17 heavy (non-hydrogen) atoms. The Hall–Kier alpha value is -1.14. The standard InChI is InChI=1S/C11H13BrO5/c1-5(13)6-7(12)9-11(17-4-16-9)10(15-3)8(6)14-2/h5,13H,4H2,1-3H3/t5-/m0/s1. The van der Waals surface area contributed by atoms with E-state index in [-0.39, 0.29) is 6.79 Å². The summed E-state index contributed by atoms with van der Waals surface area (Å²) in [5.74, 6) is 1.89. The third kappa shape index (κ3) is 1.81. The van der Waals surface area contributed by atoms with E-state index in [0.29, 0.717) is 33.0 Å². The molecule has 0 amide bonds. The van der Waals surface area contributed by atoms with Crippen LogP contribution in [0.15, 0.2) is 4.47 Å². The van der Waals surface area contributed by atoms with Gasteiger partial charge in [-0.25, -0.2) is 0 Å². The van der Waals surface area contributed by atoms with Crippen LogP contribution in [-0.2, 0) is 0 Å². The van der Waals surface area contributed by atoms with Gasteiger partial charge in [-0.15, -0.1) is 0 Å². The lowest BCUT2D eigenvalue weighted by atomic mass is 10.1. The quantitative estimate of drug-likeness (QED) is 0.928. The number of ether oxygens (including phenoxy) is 4. The first-order valence-electron chi connectivity index (χ1n) is 5.02. The Morgan fingerprint density at radius 3 is 2.29 bits per heavy atom. The van der Waals surface area contributed by atoms with E-state index in [0.717, 1.165) is 0 Å². The second kappa shape index (κ2) is 4.62. The highest BCUT2D eigenvalue weighted by molar-refractivity contribution is 9.10. The molecule has 2 rings (SSSR count).